The first kappa shape index (κ1) is 13.1. The average Bonchev–Trinajstić information content (AvgIpc) is 2.56. The van der Waals surface area contributed by atoms with E-state index in [1.54, 1.807) is 13.3 Å². The Morgan fingerprint density at radius 3 is 2.67 bits per heavy atom. The molecular weight excluding hydrogens is 264 g/mol. The molecule has 5 heteroatoms. The summed E-state index contributed by atoms with van der Waals surface area (Å²) in [6.07, 6.45) is 3.25. The van der Waals surface area contributed by atoms with Gasteiger partial charge in [0, 0.05) is 5.39 Å². The summed E-state index contributed by atoms with van der Waals surface area (Å²) < 4.78 is 5.11. The summed E-state index contributed by atoms with van der Waals surface area (Å²) in [4.78, 5) is 8.42. The van der Waals surface area contributed by atoms with Gasteiger partial charge in [-0.1, -0.05) is 12.1 Å². The zero-order chi connectivity index (χ0) is 14.5. The minimum absolute atomic E-state index is 0.686. The lowest BCUT2D eigenvalue weighted by Gasteiger charge is -2.03. The molecule has 0 aliphatic heterocycles. The molecule has 0 unspecified atom stereocenters. The van der Waals surface area contributed by atoms with Crippen molar-refractivity contribution in [3.8, 4) is 5.75 Å². The molecule has 0 bridgehead atoms. The van der Waals surface area contributed by atoms with Gasteiger partial charge in [-0.3, -0.25) is 5.43 Å². The molecule has 104 valence electrons. The highest BCUT2D eigenvalue weighted by Crippen LogP contribution is 2.18. The lowest BCUT2D eigenvalue weighted by atomic mass is 10.2. The fraction of sp³-hybridized carbons (Fsp3) is 0.0625. The van der Waals surface area contributed by atoms with Crippen molar-refractivity contribution in [3.05, 3.63) is 60.4 Å². The number of aromatic nitrogens is 2. The second-order valence-corrected chi connectivity index (χ2v) is 4.38. The minimum atomic E-state index is 0.686. The Labute approximate surface area is 122 Å². The third kappa shape index (κ3) is 2.97. The first-order valence-corrected chi connectivity index (χ1v) is 6.50. The number of nitrogens with zero attached hydrogens (tertiary/aromatic N) is 3. The summed E-state index contributed by atoms with van der Waals surface area (Å²) in [6, 6.07) is 15.4. The standard InChI is InChI=1S/C16H14N4O/c1-21-13-8-6-12(7-9-13)10-19-20-16-14-4-2-3-5-15(14)17-11-18-16/h2-11H,1H3,(H,17,18,20)/b19-10-. The van der Waals surface area contributed by atoms with Gasteiger partial charge < -0.3 is 4.74 Å². The van der Waals surface area contributed by atoms with Crippen LogP contribution in [-0.2, 0) is 0 Å². The van der Waals surface area contributed by atoms with E-state index in [-0.39, 0.29) is 0 Å². The smallest absolute Gasteiger partial charge is 0.157 e. The molecule has 0 saturated carbocycles. The van der Waals surface area contributed by atoms with Crippen molar-refractivity contribution in [1.82, 2.24) is 9.97 Å². The summed E-state index contributed by atoms with van der Waals surface area (Å²) in [5.41, 5.74) is 4.81. The van der Waals surface area contributed by atoms with Crippen molar-refractivity contribution < 1.29 is 4.74 Å². The van der Waals surface area contributed by atoms with Crippen LogP contribution in [0.25, 0.3) is 10.9 Å². The Bertz CT molecular complexity index is 763. The monoisotopic (exact) mass is 278 g/mol. The fourth-order valence-electron chi connectivity index (χ4n) is 1.95. The second kappa shape index (κ2) is 6.00. The van der Waals surface area contributed by atoms with Gasteiger partial charge >= 0.3 is 0 Å². The van der Waals surface area contributed by atoms with Gasteiger partial charge in [-0.15, -0.1) is 0 Å². The summed E-state index contributed by atoms with van der Waals surface area (Å²) in [5.74, 6) is 1.51. The quantitative estimate of drug-likeness (QED) is 0.588. The molecule has 0 aliphatic rings. The summed E-state index contributed by atoms with van der Waals surface area (Å²) in [5, 5.41) is 5.15. The van der Waals surface area contributed by atoms with Crippen LogP contribution >= 0.6 is 0 Å². The predicted molar refractivity (Wildman–Crippen MR) is 83.7 cm³/mol. The first-order valence-electron chi connectivity index (χ1n) is 6.50. The molecule has 0 amide bonds. The van der Waals surface area contributed by atoms with Crippen molar-refractivity contribution >= 4 is 22.9 Å². The molecule has 0 spiro atoms. The number of hydrazone groups is 1. The van der Waals surface area contributed by atoms with E-state index in [0.29, 0.717) is 5.82 Å². The molecule has 0 saturated heterocycles. The lowest BCUT2D eigenvalue weighted by molar-refractivity contribution is 0.415. The summed E-state index contributed by atoms with van der Waals surface area (Å²) in [6.45, 7) is 0. The third-order valence-electron chi connectivity index (χ3n) is 3.04. The van der Waals surface area contributed by atoms with Gasteiger partial charge in [0.15, 0.2) is 5.82 Å². The zero-order valence-corrected chi connectivity index (χ0v) is 11.5. The van der Waals surface area contributed by atoms with Gasteiger partial charge in [-0.25, -0.2) is 9.97 Å². The number of benzene rings is 2. The van der Waals surface area contributed by atoms with Gasteiger partial charge in [0.05, 0.1) is 18.8 Å². The molecule has 0 radical (unpaired) electrons. The number of methoxy groups -OCH3 is 1. The van der Waals surface area contributed by atoms with Crippen molar-refractivity contribution in [3.63, 3.8) is 0 Å². The van der Waals surface area contributed by atoms with Crippen LogP contribution in [0.1, 0.15) is 5.56 Å². The number of hydrogen-bond acceptors (Lipinski definition) is 5. The van der Waals surface area contributed by atoms with Gasteiger partial charge in [0.25, 0.3) is 0 Å². The Kier molecular flexibility index (Phi) is 3.73. The van der Waals surface area contributed by atoms with Crippen molar-refractivity contribution in [1.29, 1.82) is 0 Å². The number of anilines is 1. The van der Waals surface area contributed by atoms with E-state index in [2.05, 4.69) is 20.5 Å². The minimum Gasteiger partial charge on any atom is -0.497 e. The maximum Gasteiger partial charge on any atom is 0.157 e. The molecule has 1 aromatic heterocycles. The fourth-order valence-corrected chi connectivity index (χ4v) is 1.95. The highest BCUT2D eigenvalue weighted by atomic mass is 16.5. The van der Waals surface area contributed by atoms with Crippen LogP contribution in [0.2, 0.25) is 0 Å². The molecule has 1 heterocycles. The number of rotatable bonds is 4. The summed E-state index contributed by atoms with van der Waals surface area (Å²) >= 11 is 0. The summed E-state index contributed by atoms with van der Waals surface area (Å²) in [7, 11) is 1.64. The maximum atomic E-state index is 5.11. The molecule has 0 atom stereocenters. The predicted octanol–water partition coefficient (Wildman–Crippen LogP) is 3.08. The average molecular weight is 278 g/mol. The molecule has 21 heavy (non-hydrogen) atoms. The Morgan fingerprint density at radius 2 is 1.86 bits per heavy atom. The number of hydrogen-bond donors (Lipinski definition) is 1. The lowest BCUT2D eigenvalue weighted by Crippen LogP contribution is -1.95. The van der Waals surface area contributed by atoms with Crippen LogP contribution in [0.15, 0.2) is 60.0 Å². The molecule has 1 N–H and O–H groups in total. The van der Waals surface area contributed by atoms with Crippen LogP contribution in [0.5, 0.6) is 5.75 Å². The van der Waals surface area contributed by atoms with E-state index in [1.165, 1.54) is 6.33 Å². The van der Waals surface area contributed by atoms with E-state index >= 15 is 0 Å². The molecular formula is C16H14N4O. The van der Waals surface area contributed by atoms with E-state index in [1.807, 2.05) is 48.5 Å². The second-order valence-electron chi connectivity index (χ2n) is 4.38. The van der Waals surface area contributed by atoms with Crippen LogP contribution in [0.4, 0.5) is 5.82 Å². The molecule has 0 fully saturated rings. The molecule has 3 aromatic rings. The Hall–Kier alpha value is -2.95. The zero-order valence-electron chi connectivity index (χ0n) is 11.5. The van der Waals surface area contributed by atoms with Gasteiger partial charge in [-0.05, 0) is 42.0 Å². The van der Waals surface area contributed by atoms with E-state index in [0.717, 1.165) is 22.2 Å². The van der Waals surface area contributed by atoms with Gasteiger partial charge in [0.2, 0.25) is 0 Å². The highest BCUT2D eigenvalue weighted by Gasteiger charge is 2.00. The number of fused-ring (bicyclic) bond motifs is 1. The largest absolute Gasteiger partial charge is 0.497 e. The topological polar surface area (TPSA) is 59.4 Å². The van der Waals surface area contributed by atoms with Crippen LogP contribution in [-0.4, -0.2) is 23.3 Å². The van der Waals surface area contributed by atoms with Crippen LogP contribution < -0.4 is 10.2 Å². The van der Waals surface area contributed by atoms with Crippen LogP contribution in [0.3, 0.4) is 0 Å². The van der Waals surface area contributed by atoms with E-state index < -0.39 is 0 Å². The highest BCUT2D eigenvalue weighted by molar-refractivity contribution is 5.89. The molecule has 5 nitrogen and oxygen atoms in total. The Balaban J connectivity index is 1.78. The molecule has 2 aromatic carbocycles. The normalized spacial score (nSPS) is 10.9. The number of para-hydroxylation sites is 1. The van der Waals surface area contributed by atoms with Crippen molar-refractivity contribution in [2.75, 3.05) is 12.5 Å². The number of ether oxygens (including phenoxy) is 1. The third-order valence-corrected chi connectivity index (χ3v) is 3.04. The maximum absolute atomic E-state index is 5.11. The van der Waals surface area contributed by atoms with Gasteiger partial charge in [-0.2, -0.15) is 5.10 Å². The van der Waals surface area contributed by atoms with Crippen molar-refractivity contribution in [2.24, 2.45) is 5.10 Å². The SMILES string of the molecule is COc1ccc(/C=N\Nc2ncnc3ccccc23)cc1. The van der Waals surface area contributed by atoms with Gasteiger partial charge in [0.1, 0.15) is 12.1 Å². The number of nitrogens with one attached hydrogen (secondary N) is 1. The van der Waals surface area contributed by atoms with Crippen LogP contribution in [0, 0.1) is 0 Å². The van der Waals surface area contributed by atoms with Crippen molar-refractivity contribution in [2.45, 2.75) is 0 Å². The molecule has 3 rings (SSSR count). The van der Waals surface area contributed by atoms with E-state index in [4.69, 9.17) is 4.74 Å². The molecule has 0 aliphatic carbocycles. The van der Waals surface area contributed by atoms with E-state index in [9.17, 15) is 0 Å². The Morgan fingerprint density at radius 1 is 1.05 bits per heavy atom. The first-order chi connectivity index (χ1) is 10.4.